The molecule has 0 aliphatic carbocycles. The molecule has 1 aromatic rings. The number of carbonyl (C=O) groups is 2. The van der Waals surface area contributed by atoms with Gasteiger partial charge in [-0.05, 0) is 6.92 Å². The number of aromatic nitrogens is 2. The number of amides is 2. The van der Waals surface area contributed by atoms with Gasteiger partial charge >= 0.3 is 12.4 Å². The van der Waals surface area contributed by atoms with Crippen molar-refractivity contribution in [3.05, 3.63) is 18.0 Å². The molecule has 3 atom stereocenters. The average Bonchev–Trinajstić information content (AvgIpc) is 2.84. The minimum Gasteiger partial charge on any atom is -0.391 e. The maximum Gasteiger partial charge on any atom is 0.419 e. The molecule has 1 aromatic heterocycles. The molecular weight excluding hydrogens is 528 g/mol. The third-order valence-electron chi connectivity index (χ3n) is 5.76. The third-order valence-corrected chi connectivity index (χ3v) is 5.76. The lowest BCUT2D eigenvalue weighted by atomic mass is 10.0. The van der Waals surface area contributed by atoms with E-state index in [0.717, 1.165) is 6.21 Å². The highest BCUT2D eigenvalue weighted by atomic mass is 19.4. The number of hydrogen-bond acceptors (Lipinski definition) is 9. The number of ether oxygens (including phenoxy) is 1. The number of rotatable bonds is 8. The molecule has 3 heterocycles. The van der Waals surface area contributed by atoms with Crippen LogP contribution < -0.4 is 10.3 Å². The predicted octanol–water partition coefficient (Wildman–Crippen LogP) is 1.04. The van der Waals surface area contributed by atoms with E-state index in [2.05, 4.69) is 20.1 Å². The minimum atomic E-state index is -4.91. The minimum absolute atomic E-state index is 0.0606. The number of anilines is 1. The van der Waals surface area contributed by atoms with Gasteiger partial charge in [-0.1, -0.05) is 0 Å². The van der Waals surface area contributed by atoms with Crippen LogP contribution in [-0.2, 0) is 20.5 Å². The molecule has 3 rings (SSSR count). The van der Waals surface area contributed by atoms with Crippen molar-refractivity contribution in [3.8, 4) is 0 Å². The monoisotopic (exact) mass is 553 g/mol. The number of nitrogens with zero attached hydrogens (tertiary/aromatic N) is 6. The van der Waals surface area contributed by atoms with Gasteiger partial charge in [0.15, 0.2) is 5.92 Å². The molecule has 1 unspecified atom stereocenters. The van der Waals surface area contributed by atoms with E-state index in [4.69, 9.17) is 4.74 Å². The van der Waals surface area contributed by atoms with Gasteiger partial charge in [0, 0.05) is 38.6 Å². The number of nitrogens with one attached hydrogen (secondary N) is 1. The first kappa shape index (κ1) is 29.2. The molecule has 0 aromatic carbocycles. The van der Waals surface area contributed by atoms with E-state index in [1.807, 2.05) is 0 Å². The number of hydrazone groups is 1. The second-order valence-corrected chi connectivity index (χ2v) is 8.53. The normalized spacial score (nSPS) is 21.4. The molecule has 38 heavy (non-hydrogen) atoms. The van der Waals surface area contributed by atoms with Crippen LogP contribution in [0.2, 0.25) is 0 Å². The number of carbonyl (C=O) groups excluding carboxylic acids is 2. The average molecular weight is 553 g/mol. The van der Waals surface area contributed by atoms with Crippen LogP contribution in [0.3, 0.4) is 0 Å². The Bertz CT molecular complexity index is 1040. The maximum absolute atomic E-state index is 13.3. The molecule has 1 saturated heterocycles. The zero-order valence-electron chi connectivity index (χ0n) is 20.0. The number of hydrogen-bond donors (Lipinski definition) is 2. The first-order valence-electron chi connectivity index (χ1n) is 11.4. The first-order valence-corrected chi connectivity index (χ1v) is 11.4. The first-order chi connectivity index (χ1) is 17.8. The molecule has 2 amide bonds. The van der Waals surface area contributed by atoms with Gasteiger partial charge < -0.3 is 19.6 Å². The summed E-state index contributed by atoms with van der Waals surface area (Å²) in [5.41, 5.74) is 0.103. The second-order valence-electron chi connectivity index (χ2n) is 8.53. The fourth-order valence-corrected chi connectivity index (χ4v) is 3.64. The highest BCUT2D eigenvalue weighted by Gasteiger charge is 2.49. The van der Waals surface area contributed by atoms with Crippen molar-refractivity contribution < 1.29 is 45.8 Å². The molecule has 0 saturated carbocycles. The molecule has 0 spiro atoms. The number of aliphatic hydroxyl groups is 1. The summed E-state index contributed by atoms with van der Waals surface area (Å²) in [6.45, 7) is 2.02. The molecule has 0 bridgehead atoms. The zero-order chi connectivity index (χ0) is 28.1. The van der Waals surface area contributed by atoms with Crippen LogP contribution in [0.5, 0.6) is 0 Å². The lowest BCUT2D eigenvalue weighted by Crippen LogP contribution is -2.49. The van der Waals surface area contributed by atoms with Gasteiger partial charge in [-0.2, -0.15) is 31.4 Å². The van der Waals surface area contributed by atoms with E-state index in [0.29, 0.717) is 25.5 Å². The standard InChI is InChI=1S/C21H25F6N7O4/c1-12(35)15(31-14-10-30-32-18(37)17(14)21(25,26)27)11-38-7-2-16(36)33-3-5-34(6-4-33)19-28-8-13(9-29-19)20(22,23)24/h8-10,12,15,17,35H,2-7,11H2,1H3,(H,32,37)/t12-,15+,17?/m0/s1. The molecule has 2 N–H and O–H groups in total. The van der Waals surface area contributed by atoms with Crippen molar-refractivity contribution in [2.45, 2.75) is 37.8 Å². The second kappa shape index (κ2) is 12.0. The number of piperazine rings is 1. The SMILES string of the molecule is C[C@H](O)[C@@H](COCCC(=O)N1CCN(c2ncc(C(F)(F)F)cn2)CC1)N=C1C=NNC(=O)C1C(F)(F)F. The Morgan fingerprint density at radius 1 is 1.18 bits per heavy atom. The van der Waals surface area contributed by atoms with E-state index >= 15 is 0 Å². The van der Waals surface area contributed by atoms with E-state index in [1.165, 1.54) is 11.8 Å². The molecule has 2 aliphatic heterocycles. The van der Waals surface area contributed by atoms with Crippen molar-refractivity contribution in [3.63, 3.8) is 0 Å². The Morgan fingerprint density at radius 3 is 2.37 bits per heavy atom. The number of halogens is 6. The lowest BCUT2D eigenvalue weighted by Gasteiger charge is -2.34. The van der Waals surface area contributed by atoms with E-state index < -0.39 is 47.6 Å². The maximum atomic E-state index is 13.3. The Balaban J connectivity index is 1.47. The van der Waals surface area contributed by atoms with Gasteiger partial charge in [0.25, 0.3) is 5.91 Å². The summed E-state index contributed by atoms with van der Waals surface area (Å²) in [5.74, 6) is -4.08. The molecule has 2 aliphatic rings. The Hall–Kier alpha value is -3.34. The fourth-order valence-electron chi connectivity index (χ4n) is 3.64. The van der Waals surface area contributed by atoms with Gasteiger partial charge in [-0.3, -0.25) is 14.6 Å². The highest BCUT2D eigenvalue weighted by Crippen LogP contribution is 2.29. The summed E-state index contributed by atoms with van der Waals surface area (Å²) in [4.78, 5) is 38.6. The molecule has 210 valence electrons. The number of alkyl halides is 6. The molecule has 11 nitrogen and oxygen atoms in total. The number of aliphatic hydroxyl groups excluding tert-OH is 1. The van der Waals surface area contributed by atoms with Crippen molar-refractivity contribution in [2.24, 2.45) is 16.0 Å². The van der Waals surface area contributed by atoms with E-state index in [1.54, 1.807) is 10.3 Å². The van der Waals surface area contributed by atoms with Crippen LogP contribution in [0, 0.1) is 5.92 Å². The van der Waals surface area contributed by atoms with Gasteiger partial charge in [0.1, 0.15) is 0 Å². The van der Waals surface area contributed by atoms with Crippen LogP contribution in [0.15, 0.2) is 22.5 Å². The van der Waals surface area contributed by atoms with Crippen LogP contribution in [0.1, 0.15) is 18.9 Å². The quantitative estimate of drug-likeness (QED) is 0.363. The van der Waals surface area contributed by atoms with Gasteiger partial charge in [0.2, 0.25) is 11.9 Å². The summed E-state index contributed by atoms with van der Waals surface area (Å²) >= 11 is 0. The van der Waals surface area contributed by atoms with Gasteiger partial charge in [0.05, 0.1) is 49.3 Å². The Kier molecular flexibility index (Phi) is 9.24. The van der Waals surface area contributed by atoms with Crippen molar-refractivity contribution >= 4 is 29.7 Å². The Morgan fingerprint density at radius 2 is 1.82 bits per heavy atom. The van der Waals surface area contributed by atoms with Crippen LogP contribution in [0.4, 0.5) is 32.3 Å². The largest absolute Gasteiger partial charge is 0.419 e. The summed E-state index contributed by atoms with van der Waals surface area (Å²) in [6, 6.07) is -1.14. The summed E-state index contributed by atoms with van der Waals surface area (Å²) in [6.07, 6.45) is -8.58. The number of aliphatic imine (C=N–C) groups is 1. The van der Waals surface area contributed by atoms with Crippen molar-refractivity contribution in [2.75, 3.05) is 44.3 Å². The lowest BCUT2D eigenvalue weighted by molar-refractivity contribution is -0.168. The topological polar surface area (TPSA) is 133 Å². The smallest absolute Gasteiger partial charge is 0.391 e. The predicted molar refractivity (Wildman–Crippen MR) is 120 cm³/mol. The molecule has 17 heteroatoms. The van der Waals surface area contributed by atoms with Crippen LogP contribution >= 0.6 is 0 Å². The van der Waals surface area contributed by atoms with Crippen molar-refractivity contribution in [1.82, 2.24) is 20.3 Å². The molecule has 1 fully saturated rings. The zero-order valence-corrected chi connectivity index (χ0v) is 20.0. The van der Waals surface area contributed by atoms with E-state index in [9.17, 15) is 41.0 Å². The Labute approximate surface area is 212 Å². The molecule has 0 radical (unpaired) electrons. The highest BCUT2D eigenvalue weighted by molar-refractivity contribution is 6.37. The van der Waals surface area contributed by atoms with Crippen LogP contribution in [0.25, 0.3) is 0 Å². The summed E-state index contributed by atoms with van der Waals surface area (Å²) < 4.78 is 83.1. The van der Waals surface area contributed by atoms with Gasteiger partial charge in [-0.25, -0.2) is 15.4 Å². The van der Waals surface area contributed by atoms with E-state index in [-0.39, 0.29) is 44.6 Å². The van der Waals surface area contributed by atoms with Gasteiger partial charge in [-0.15, -0.1) is 0 Å². The van der Waals surface area contributed by atoms with Crippen molar-refractivity contribution in [1.29, 1.82) is 0 Å². The van der Waals surface area contributed by atoms with Crippen LogP contribution in [-0.4, -0.2) is 101 Å². The molecular formula is C21H25F6N7O4. The third kappa shape index (κ3) is 7.59. The summed E-state index contributed by atoms with van der Waals surface area (Å²) in [7, 11) is 0. The fraction of sp³-hybridized carbons (Fsp3) is 0.619. The summed E-state index contributed by atoms with van der Waals surface area (Å²) in [5, 5.41) is 13.3.